The van der Waals surface area contributed by atoms with Crippen molar-refractivity contribution in [1.29, 1.82) is 0 Å². The first-order chi connectivity index (χ1) is 16.6. The normalized spacial score (nSPS) is 17.6. The number of carbonyl (C=O) groups is 1. The minimum Gasteiger partial charge on any atom is -0.478 e. The third-order valence-corrected chi connectivity index (χ3v) is 6.51. The van der Waals surface area contributed by atoms with Crippen molar-refractivity contribution in [2.75, 3.05) is 4.90 Å². The summed E-state index contributed by atoms with van der Waals surface area (Å²) in [6.45, 7) is 2.14. The first kappa shape index (κ1) is 21.9. The number of aryl methyl sites for hydroxylation is 1. The number of carboxylic acid groups (broad SMARTS) is 1. The molecule has 2 aromatic carbocycles. The van der Waals surface area contributed by atoms with Crippen molar-refractivity contribution in [1.82, 2.24) is 14.9 Å². The number of hydrogen-bond donors (Lipinski definition) is 2. The van der Waals surface area contributed by atoms with Crippen LogP contribution in [-0.4, -0.2) is 25.7 Å². The molecule has 7 heteroatoms. The van der Waals surface area contributed by atoms with Crippen LogP contribution < -0.4 is 10.2 Å². The minimum absolute atomic E-state index is 0.161. The second-order valence-electron chi connectivity index (χ2n) is 8.17. The quantitative estimate of drug-likeness (QED) is 0.374. The Morgan fingerprint density at radius 2 is 1.74 bits per heavy atom. The molecular formula is C27H24N4O2S. The number of nitrogens with zero attached hydrogens (tertiary/aromatic N) is 3. The van der Waals surface area contributed by atoms with Gasteiger partial charge in [0.2, 0.25) is 0 Å². The molecule has 0 saturated carbocycles. The van der Waals surface area contributed by atoms with Gasteiger partial charge in [0.25, 0.3) is 0 Å². The van der Waals surface area contributed by atoms with Crippen LogP contribution in [0.3, 0.4) is 0 Å². The van der Waals surface area contributed by atoms with Crippen molar-refractivity contribution < 1.29 is 9.90 Å². The Balaban J connectivity index is 1.62. The van der Waals surface area contributed by atoms with E-state index in [4.69, 9.17) is 12.2 Å². The van der Waals surface area contributed by atoms with Gasteiger partial charge in [-0.3, -0.25) is 4.98 Å². The molecule has 0 spiro atoms. The number of aromatic nitrogens is 2. The third kappa shape index (κ3) is 3.95. The lowest BCUT2D eigenvalue weighted by Gasteiger charge is -2.29. The molecule has 2 N–H and O–H groups in total. The molecule has 6 nitrogen and oxygen atoms in total. The monoisotopic (exact) mass is 468 g/mol. The van der Waals surface area contributed by atoms with E-state index in [2.05, 4.69) is 57.0 Å². The standard InChI is InChI=1S/C27H24N4O2S/c1-2-18-8-12-21(13-9-18)31-25(24(29-27(31)34)22-6-3-4-16-28-22)23-7-5-17-30(23)20-14-10-19(11-15-20)26(32)33/h3-17,24-25H,2H2,1H3,(H,29,34)(H,32,33). The molecule has 170 valence electrons. The zero-order valence-electron chi connectivity index (χ0n) is 18.6. The Morgan fingerprint density at radius 1 is 1.00 bits per heavy atom. The van der Waals surface area contributed by atoms with Crippen LogP contribution >= 0.6 is 12.2 Å². The van der Waals surface area contributed by atoms with E-state index in [1.165, 1.54) is 5.56 Å². The molecule has 1 aliphatic heterocycles. The topological polar surface area (TPSA) is 70.4 Å². The molecule has 4 aromatic rings. The molecule has 1 saturated heterocycles. The van der Waals surface area contributed by atoms with Crippen LogP contribution in [0.4, 0.5) is 5.69 Å². The van der Waals surface area contributed by atoms with Gasteiger partial charge in [0, 0.05) is 29.5 Å². The highest BCUT2D eigenvalue weighted by molar-refractivity contribution is 7.80. The lowest BCUT2D eigenvalue weighted by Crippen LogP contribution is -2.30. The van der Waals surface area contributed by atoms with Gasteiger partial charge in [-0.05, 0) is 84.9 Å². The Morgan fingerprint density at radius 3 is 2.38 bits per heavy atom. The lowest BCUT2D eigenvalue weighted by molar-refractivity contribution is 0.0697. The van der Waals surface area contributed by atoms with Crippen molar-refractivity contribution in [3.05, 3.63) is 114 Å². The molecule has 0 bridgehead atoms. The van der Waals surface area contributed by atoms with Gasteiger partial charge in [-0.2, -0.15) is 0 Å². The number of thiocarbonyl (C=S) groups is 1. The third-order valence-electron chi connectivity index (χ3n) is 6.20. The number of carboxylic acids is 1. The fraction of sp³-hybridized carbons (Fsp3) is 0.148. The van der Waals surface area contributed by atoms with Crippen LogP contribution in [0.25, 0.3) is 5.69 Å². The highest BCUT2D eigenvalue weighted by atomic mass is 32.1. The van der Waals surface area contributed by atoms with E-state index in [1.54, 1.807) is 18.3 Å². The van der Waals surface area contributed by atoms with Gasteiger partial charge in [0.05, 0.1) is 17.3 Å². The number of hydrogen-bond acceptors (Lipinski definition) is 3. The van der Waals surface area contributed by atoms with E-state index in [1.807, 2.05) is 42.6 Å². The fourth-order valence-corrected chi connectivity index (χ4v) is 4.81. The van der Waals surface area contributed by atoms with Crippen LogP contribution in [0.15, 0.2) is 91.3 Å². The molecule has 1 fully saturated rings. The first-order valence-electron chi connectivity index (χ1n) is 11.2. The van der Waals surface area contributed by atoms with Crippen LogP contribution in [-0.2, 0) is 6.42 Å². The summed E-state index contributed by atoms with van der Waals surface area (Å²) in [5.41, 5.74) is 5.32. The van der Waals surface area contributed by atoms with Crippen molar-refractivity contribution in [3.63, 3.8) is 0 Å². The van der Waals surface area contributed by atoms with E-state index in [9.17, 15) is 9.90 Å². The fourth-order valence-electron chi connectivity index (χ4n) is 4.46. The molecule has 0 radical (unpaired) electrons. The Labute approximate surface area is 203 Å². The van der Waals surface area contributed by atoms with Crippen molar-refractivity contribution in [2.45, 2.75) is 25.4 Å². The van der Waals surface area contributed by atoms with Crippen LogP contribution in [0.2, 0.25) is 0 Å². The lowest BCUT2D eigenvalue weighted by atomic mass is 10.0. The number of pyridine rings is 1. The molecule has 2 unspecified atom stereocenters. The highest BCUT2D eigenvalue weighted by Gasteiger charge is 2.42. The largest absolute Gasteiger partial charge is 0.478 e. The summed E-state index contributed by atoms with van der Waals surface area (Å²) < 4.78 is 2.08. The average Bonchev–Trinajstić information content (AvgIpc) is 3.49. The predicted molar refractivity (Wildman–Crippen MR) is 136 cm³/mol. The minimum atomic E-state index is -0.943. The molecule has 2 atom stereocenters. The molecule has 0 amide bonds. The van der Waals surface area contributed by atoms with E-state index in [0.29, 0.717) is 5.11 Å². The highest BCUT2D eigenvalue weighted by Crippen LogP contribution is 2.42. The summed E-state index contributed by atoms with van der Waals surface area (Å²) in [6.07, 6.45) is 4.75. The number of benzene rings is 2. The van der Waals surface area contributed by atoms with Crippen molar-refractivity contribution in [3.8, 4) is 5.69 Å². The van der Waals surface area contributed by atoms with Crippen molar-refractivity contribution in [2.24, 2.45) is 0 Å². The smallest absolute Gasteiger partial charge is 0.335 e. The second-order valence-corrected chi connectivity index (χ2v) is 8.56. The van der Waals surface area contributed by atoms with E-state index in [0.717, 1.165) is 29.2 Å². The van der Waals surface area contributed by atoms with E-state index < -0.39 is 5.97 Å². The summed E-state index contributed by atoms with van der Waals surface area (Å²) in [5.74, 6) is -0.943. The Kier molecular flexibility index (Phi) is 5.86. The second kappa shape index (κ2) is 9.11. The maximum Gasteiger partial charge on any atom is 0.335 e. The molecule has 2 aromatic heterocycles. The molecule has 0 aliphatic carbocycles. The molecule has 3 heterocycles. The molecule has 1 aliphatic rings. The Bertz CT molecular complexity index is 1320. The van der Waals surface area contributed by atoms with Gasteiger partial charge in [0.1, 0.15) is 6.04 Å². The van der Waals surface area contributed by atoms with Crippen LogP contribution in [0.1, 0.15) is 46.3 Å². The van der Waals surface area contributed by atoms with E-state index in [-0.39, 0.29) is 17.6 Å². The van der Waals surface area contributed by atoms with Crippen molar-refractivity contribution >= 4 is 29.0 Å². The number of anilines is 1. The first-order valence-corrected chi connectivity index (χ1v) is 11.6. The summed E-state index contributed by atoms with van der Waals surface area (Å²) >= 11 is 5.83. The maximum absolute atomic E-state index is 11.3. The van der Waals surface area contributed by atoms with Gasteiger partial charge >= 0.3 is 5.97 Å². The van der Waals surface area contributed by atoms with E-state index >= 15 is 0 Å². The van der Waals surface area contributed by atoms with Gasteiger partial charge in [-0.15, -0.1) is 0 Å². The summed E-state index contributed by atoms with van der Waals surface area (Å²) in [6, 6.07) is 25.0. The summed E-state index contributed by atoms with van der Waals surface area (Å²) in [7, 11) is 0. The number of nitrogens with one attached hydrogen (secondary N) is 1. The number of aromatic carboxylic acids is 1. The SMILES string of the molecule is CCc1ccc(N2C(=S)NC(c3ccccn3)C2c2cccn2-c2ccc(C(=O)O)cc2)cc1. The zero-order chi connectivity index (χ0) is 23.7. The van der Waals surface area contributed by atoms with Gasteiger partial charge < -0.3 is 19.9 Å². The van der Waals surface area contributed by atoms with Gasteiger partial charge in [-0.1, -0.05) is 25.1 Å². The molecule has 34 heavy (non-hydrogen) atoms. The van der Waals surface area contributed by atoms with Gasteiger partial charge in [-0.25, -0.2) is 4.79 Å². The zero-order valence-corrected chi connectivity index (χ0v) is 19.4. The molecule has 5 rings (SSSR count). The van der Waals surface area contributed by atoms with Crippen LogP contribution in [0, 0.1) is 0 Å². The average molecular weight is 469 g/mol. The van der Waals surface area contributed by atoms with Gasteiger partial charge in [0.15, 0.2) is 5.11 Å². The number of rotatable bonds is 6. The Hall–Kier alpha value is -3.97. The summed E-state index contributed by atoms with van der Waals surface area (Å²) in [4.78, 5) is 18.1. The van der Waals surface area contributed by atoms with Crippen LogP contribution in [0.5, 0.6) is 0 Å². The maximum atomic E-state index is 11.3. The summed E-state index contributed by atoms with van der Waals surface area (Å²) in [5, 5.41) is 13.4. The molecular weight excluding hydrogens is 444 g/mol. The predicted octanol–water partition coefficient (Wildman–Crippen LogP) is 5.31.